The van der Waals surface area contributed by atoms with Crippen LogP contribution in [0, 0.1) is 0 Å². The highest BCUT2D eigenvalue weighted by atomic mass is 32.1. The highest BCUT2D eigenvalue weighted by Gasteiger charge is 2.28. The van der Waals surface area contributed by atoms with Crippen molar-refractivity contribution in [2.45, 2.75) is 0 Å². The van der Waals surface area contributed by atoms with Crippen LogP contribution in [-0.4, -0.2) is 0 Å². The van der Waals surface area contributed by atoms with E-state index in [0.29, 0.717) is 0 Å². The Morgan fingerprint density at radius 1 is 0.317 bits per heavy atom. The van der Waals surface area contributed by atoms with Crippen LogP contribution in [0.1, 0.15) is 0 Å². The lowest BCUT2D eigenvalue weighted by molar-refractivity contribution is 0.669. The lowest BCUT2D eigenvalue weighted by Crippen LogP contribution is -2.13. The minimum atomic E-state index is 0.844. The van der Waals surface area contributed by atoms with Gasteiger partial charge in [-0.25, -0.2) is 0 Å². The molecule has 0 saturated carbocycles. The molecule has 0 spiro atoms. The van der Waals surface area contributed by atoms with Crippen molar-refractivity contribution in [3.63, 3.8) is 0 Å². The summed E-state index contributed by atoms with van der Waals surface area (Å²) in [4.78, 5) is 2.54. The molecule has 0 radical (unpaired) electrons. The number of nitrogens with zero attached hydrogens (tertiary/aromatic N) is 1. The van der Waals surface area contributed by atoms with Crippen LogP contribution in [0.25, 0.3) is 97.7 Å². The van der Waals surface area contributed by atoms with E-state index < -0.39 is 0 Å². The summed E-state index contributed by atoms with van der Waals surface area (Å²) in [6.07, 6.45) is 0. The number of rotatable bonds is 8. The molecule has 0 aliphatic heterocycles. The Kier molecular flexibility index (Phi) is 9.06. The fourth-order valence-corrected chi connectivity index (χ4v) is 10.7. The average Bonchev–Trinajstić information content (AvgIpc) is 3.94. The van der Waals surface area contributed by atoms with Crippen molar-refractivity contribution in [3.8, 4) is 55.6 Å². The maximum absolute atomic E-state index is 6.86. The highest BCUT2D eigenvalue weighted by Crippen LogP contribution is 2.54. The normalized spacial score (nSPS) is 11.5. The highest BCUT2D eigenvalue weighted by molar-refractivity contribution is 7.26. The van der Waals surface area contributed by atoms with E-state index in [2.05, 4.69) is 241 Å². The molecule has 12 rings (SSSR count). The van der Waals surface area contributed by atoms with Gasteiger partial charge in [0.1, 0.15) is 11.2 Å². The summed E-state index contributed by atoms with van der Waals surface area (Å²) in [7, 11) is 0. The number of furan rings is 1. The summed E-state index contributed by atoms with van der Waals surface area (Å²) in [6, 6.07) is 85.3. The molecule has 0 aliphatic carbocycles. The van der Waals surface area contributed by atoms with Gasteiger partial charge in [0.15, 0.2) is 0 Å². The largest absolute Gasteiger partial charge is 0.456 e. The van der Waals surface area contributed by atoms with Gasteiger partial charge < -0.3 is 9.32 Å². The van der Waals surface area contributed by atoms with E-state index in [0.717, 1.165) is 72.4 Å². The Morgan fingerprint density at radius 2 is 0.810 bits per heavy atom. The van der Waals surface area contributed by atoms with Gasteiger partial charge in [-0.15, -0.1) is 11.3 Å². The van der Waals surface area contributed by atoms with E-state index >= 15 is 0 Å². The second-order valence-corrected chi connectivity index (χ2v) is 17.0. The molecule has 0 N–H and O–H groups in total. The van der Waals surface area contributed by atoms with Gasteiger partial charge in [-0.2, -0.15) is 0 Å². The van der Waals surface area contributed by atoms with Crippen LogP contribution in [-0.2, 0) is 0 Å². The Labute approximate surface area is 370 Å². The van der Waals surface area contributed by atoms with Gasteiger partial charge in [0.2, 0.25) is 0 Å². The first-order chi connectivity index (χ1) is 31.3. The number of thiophene rings is 1. The van der Waals surface area contributed by atoms with Crippen LogP contribution < -0.4 is 4.90 Å². The van der Waals surface area contributed by atoms with Crippen molar-refractivity contribution < 1.29 is 4.42 Å². The van der Waals surface area contributed by atoms with E-state index in [9.17, 15) is 0 Å². The number of hydrogen-bond donors (Lipinski definition) is 0. The van der Waals surface area contributed by atoms with Gasteiger partial charge in [-0.05, 0) is 80.9 Å². The fourth-order valence-electron chi connectivity index (χ4n) is 9.36. The molecule has 10 aromatic carbocycles. The van der Waals surface area contributed by atoms with Gasteiger partial charge in [0, 0.05) is 36.7 Å². The van der Waals surface area contributed by atoms with Crippen LogP contribution in [0.2, 0.25) is 0 Å². The summed E-state index contributed by atoms with van der Waals surface area (Å²) < 4.78 is 9.35. The molecule has 296 valence electrons. The number of hydrogen-bond acceptors (Lipinski definition) is 3. The number of para-hydroxylation sites is 1. The Morgan fingerprint density at radius 3 is 1.40 bits per heavy atom. The van der Waals surface area contributed by atoms with Crippen molar-refractivity contribution in [3.05, 3.63) is 237 Å². The standard InChI is InChI=1S/C60H39NOS/c1-6-18-40(19-7-1)45-32-34-50-55(38-45)62-54-31-17-30-52(57(50)54)61(59-47(42-22-10-3-11-23-42)28-16-29-48(59)43-24-12-4-13-25-43)53-37-36-49(44-26-14-5-15-27-44)60-58(53)51-35-33-46(39-56(51)63-60)41-20-8-2-9-21-41/h1-39H. The lowest BCUT2D eigenvalue weighted by Gasteiger charge is -2.32. The molecule has 0 aliphatic rings. The van der Waals surface area contributed by atoms with E-state index in [4.69, 9.17) is 4.42 Å². The van der Waals surface area contributed by atoms with Crippen LogP contribution >= 0.6 is 11.3 Å². The zero-order chi connectivity index (χ0) is 41.7. The molecule has 2 heterocycles. The summed E-state index contributed by atoms with van der Waals surface area (Å²) in [5.41, 5.74) is 16.6. The van der Waals surface area contributed by atoms with E-state index in [1.807, 2.05) is 11.3 Å². The molecule has 12 aromatic rings. The van der Waals surface area contributed by atoms with Gasteiger partial charge in [-0.3, -0.25) is 0 Å². The third-order valence-corrected chi connectivity index (χ3v) is 13.5. The monoisotopic (exact) mass is 821 g/mol. The van der Waals surface area contributed by atoms with Crippen LogP contribution in [0.3, 0.4) is 0 Å². The first kappa shape index (κ1) is 36.8. The van der Waals surface area contributed by atoms with Crippen molar-refractivity contribution in [1.29, 1.82) is 0 Å². The number of anilines is 3. The minimum Gasteiger partial charge on any atom is -0.456 e. The van der Waals surface area contributed by atoms with Crippen molar-refractivity contribution in [2.75, 3.05) is 4.90 Å². The van der Waals surface area contributed by atoms with E-state index in [1.54, 1.807) is 0 Å². The lowest BCUT2D eigenvalue weighted by atomic mass is 9.93. The number of fused-ring (bicyclic) bond motifs is 6. The zero-order valence-electron chi connectivity index (χ0n) is 34.3. The molecule has 0 atom stereocenters. The molecule has 3 heteroatoms. The third-order valence-electron chi connectivity index (χ3n) is 12.3. The quantitative estimate of drug-likeness (QED) is 0.152. The van der Waals surface area contributed by atoms with Crippen LogP contribution in [0.5, 0.6) is 0 Å². The van der Waals surface area contributed by atoms with Crippen molar-refractivity contribution in [2.24, 2.45) is 0 Å². The van der Waals surface area contributed by atoms with Crippen molar-refractivity contribution in [1.82, 2.24) is 0 Å². The predicted octanol–water partition coefficient (Wildman–Crippen LogP) is 17.8. The predicted molar refractivity (Wildman–Crippen MR) is 268 cm³/mol. The number of benzene rings is 10. The van der Waals surface area contributed by atoms with Crippen LogP contribution in [0.15, 0.2) is 241 Å². The molecular weight excluding hydrogens is 783 g/mol. The second kappa shape index (κ2) is 15.5. The van der Waals surface area contributed by atoms with Crippen molar-refractivity contribution >= 4 is 70.5 Å². The molecular formula is C60H39NOS. The summed E-state index contributed by atoms with van der Waals surface area (Å²) in [5.74, 6) is 0. The Bertz CT molecular complexity index is 3540. The molecule has 0 amide bonds. The molecule has 0 saturated heterocycles. The van der Waals surface area contributed by atoms with E-state index in [-0.39, 0.29) is 0 Å². The molecule has 0 unspecified atom stereocenters. The smallest absolute Gasteiger partial charge is 0.137 e. The summed E-state index contributed by atoms with van der Waals surface area (Å²) in [6.45, 7) is 0. The molecule has 2 aromatic heterocycles. The topological polar surface area (TPSA) is 16.4 Å². The SMILES string of the molecule is c1ccc(-c2ccc3c(c2)oc2cccc(N(c4c(-c5ccccc5)cccc4-c4ccccc4)c4ccc(-c5ccccc5)c5sc6cc(-c7ccccc7)ccc6c45)c23)cc1. The Balaban J connectivity index is 1.22. The zero-order valence-corrected chi connectivity index (χ0v) is 35.1. The van der Waals surface area contributed by atoms with Gasteiger partial charge in [0.05, 0.1) is 22.4 Å². The minimum absolute atomic E-state index is 0.844. The molecule has 2 nitrogen and oxygen atoms in total. The molecule has 0 bridgehead atoms. The molecule has 0 fully saturated rings. The maximum atomic E-state index is 6.86. The second-order valence-electron chi connectivity index (χ2n) is 16.0. The third kappa shape index (κ3) is 6.41. The average molecular weight is 822 g/mol. The molecule has 63 heavy (non-hydrogen) atoms. The Hall–Kier alpha value is -7.98. The first-order valence-corrected chi connectivity index (χ1v) is 22.2. The van der Waals surface area contributed by atoms with Gasteiger partial charge in [0.25, 0.3) is 0 Å². The van der Waals surface area contributed by atoms with Crippen LogP contribution in [0.4, 0.5) is 17.1 Å². The van der Waals surface area contributed by atoms with E-state index in [1.165, 1.54) is 42.4 Å². The van der Waals surface area contributed by atoms with Gasteiger partial charge in [-0.1, -0.05) is 200 Å². The first-order valence-electron chi connectivity index (χ1n) is 21.4. The summed E-state index contributed by atoms with van der Waals surface area (Å²) in [5, 5.41) is 4.58. The summed E-state index contributed by atoms with van der Waals surface area (Å²) >= 11 is 1.88. The van der Waals surface area contributed by atoms with Gasteiger partial charge >= 0.3 is 0 Å². The maximum Gasteiger partial charge on any atom is 0.137 e. The fraction of sp³-hybridized carbons (Fsp3) is 0.